The normalized spacial score (nSPS) is 17.6. The fourth-order valence-electron chi connectivity index (χ4n) is 5.36. The lowest BCUT2D eigenvalue weighted by atomic mass is 9.96. The number of rotatable bonds is 6. The van der Waals surface area contributed by atoms with Gasteiger partial charge in [-0.15, -0.1) is 0 Å². The molecule has 1 N–H and O–H groups in total. The summed E-state index contributed by atoms with van der Waals surface area (Å²) in [4.78, 5) is 11.3. The zero-order chi connectivity index (χ0) is 24.5. The predicted octanol–water partition coefficient (Wildman–Crippen LogP) is 5.93. The molecule has 5 rings (SSSR count). The molecule has 4 aromatic rings. The minimum Gasteiger partial charge on any atom is -0.352 e. The number of para-hydroxylation sites is 1. The maximum Gasteiger partial charge on any atom is 0.170 e. The summed E-state index contributed by atoms with van der Waals surface area (Å²) < 4.78 is 2.42. The van der Waals surface area contributed by atoms with Crippen LogP contribution in [0.15, 0.2) is 73.2 Å². The third-order valence-electron chi connectivity index (χ3n) is 6.99. The first-order valence-corrected chi connectivity index (χ1v) is 12.5. The smallest absolute Gasteiger partial charge is 0.170 e. The molecule has 2 atom stereocenters. The Hall–Kier alpha value is -3.51. The summed E-state index contributed by atoms with van der Waals surface area (Å²) >= 11 is 5.89. The van der Waals surface area contributed by atoms with Gasteiger partial charge < -0.3 is 14.8 Å². The molecule has 0 amide bonds. The molecule has 1 aromatic carbocycles. The van der Waals surface area contributed by atoms with Crippen LogP contribution in [0.4, 0.5) is 0 Å². The molecule has 0 aliphatic carbocycles. The Labute approximate surface area is 212 Å². The number of aryl methyl sites for hydroxylation is 3. The van der Waals surface area contributed by atoms with Crippen LogP contribution in [0.1, 0.15) is 58.3 Å². The molecule has 5 nitrogen and oxygen atoms in total. The minimum absolute atomic E-state index is 0.00616. The number of aromatic nitrogens is 3. The van der Waals surface area contributed by atoms with Crippen LogP contribution in [-0.2, 0) is 13.0 Å². The van der Waals surface area contributed by atoms with E-state index in [1.54, 1.807) is 6.20 Å². The van der Waals surface area contributed by atoms with E-state index in [1.807, 2.05) is 30.6 Å². The lowest BCUT2D eigenvalue weighted by Gasteiger charge is -2.28. The Morgan fingerprint density at radius 3 is 2.57 bits per heavy atom. The highest BCUT2D eigenvalue weighted by Crippen LogP contribution is 2.42. The van der Waals surface area contributed by atoms with Crippen molar-refractivity contribution in [2.75, 3.05) is 0 Å². The van der Waals surface area contributed by atoms with Gasteiger partial charge in [-0.1, -0.05) is 37.3 Å². The van der Waals surface area contributed by atoms with Crippen LogP contribution in [0.25, 0.3) is 5.69 Å². The Morgan fingerprint density at radius 2 is 1.86 bits per heavy atom. The molecular weight excluding hydrogens is 450 g/mol. The predicted molar refractivity (Wildman–Crippen MR) is 145 cm³/mol. The van der Waals surface area contributed by atoms with Gasteiger partial charge in [0.1, 0.15) is 0 Å². The van der Waals surface area contributed by atoms with Gasteiger partial charge >= 0.3 is 0 Å². The summed E-state index contributed by atoms with van der Waals surface area (Å²) in [5.74, 6) is 0. The number of nitrogens with zero attached hydrogens (tertiary/aromatic N) is 4. The van der Waals surface area contributed by atoms with Gasteiger partial charge in [0, 0.05) is 36.5 Å². The minimum atomic E-state index is -0.0446. The Kier molecular flexibility index (Phi) is 6.39. The third-order valence-corrected chi connectivity index (χ3v) is 7.34. The van der Waals surface area contributed by atoms with Gasteiger partial charge in [0.25, 0.3) is 0 Å². The molecule has 1 saturated heterocycles. The van der Waals surface area contributed by atoms with E-state index < -0.39 is 0 Å². The van der Waals surface area contributed by atoms with Crippen molar-refractivity contribution in [1.82, 2.24) is 24.8 Å². The van der Waals surface area contributed by atoms with E-state index in [-0.39, 0.29) is 12.1 Å². The van der Waals surface area contributed by atoms with Gasteiger partial charge in [-0.3, -0.25) is 9.97 Å². The molecule has 35 heavy (non-hydrogen) atoms. The summed E-state index contributed by atoms with van der Waals surface area (Å²) in [5, 5.41) is 4.32. The van der Waals surface area contributed by atoms with Crippen LogP contribution in [-0.4, -0.2) is 24.5 Å². The number of hydrogen-bond acceptors (Lipinski definition) is 3. The maximum absolute atomic E-state index is 5.89. The van der Waals surface area contributed by atoms with Gasteiger partial charge in [-0.05, 0) is 85.9 Å². The van der Waals surface area contributed by atoms with Gasteiger partial charge in [0.2, 0.25) is 0 Å². The molecule has 1 aliphatic rings. The highest BCUT2D eigenvalue weighted by molar-refractivity contribution is 7.80. The molecule has 0 saturated carbocycles. The van der Waals surface area contributed by atoms with E-state index >= 15 is 0 Å². The molecule has 3 aromatic heterocycles. The SMILES string of the molecule is CCc1cccc(C)c1-n1c(C)cc([C@H]2[C@H](c3ccccn3)NC(=S)N2Cc2cccnc2)c1C. The average molecular weight is 482 g/mol. The number of pyridine rings is 2. The molecule has 1 fully saturated rings. The highest BCUT2D eigenvalue weighted by atomic mass is 32.1. The van der Waals surface area contributed by atoms with E-state index in [0.717, 1.165) is 22.8 Å². The molecule has 178 valence electrons. The third kappa shape index (κ3) is 4.23. The van der Waals surface area contributed by atoms with Crippen LogP contribution < -0.4 is 5.32 Å². The van der Waals surface area contributed by atoms with Crippen LogP contribution >= 0.6 is 12.2 Å². The Morgan fingerprint density at radius 1 is 1.00 bits per heavy atom. The topological polar surface area (TPSA) is 46.0 Å². The van der Waals surface area contributed by atoms with E-state index in [1.165, 1.54) is 33.8 Å². The summed E-state index contributed by atoms with van der Waals surface area (Å²) in [6.07, 6.45) is 6.56. The van der Waals surface area contributed by atoms with E-state index in [2.05, 4.69) is 83.9 Å². The fourth-order valence-corrected chi connectivity index (χ4v) is 5.66. The number of nitrogens with one attached hydrogen (secondary N) is 1. The van der Waals surface area contributed by atoms with Crippen molar-refractivity contribution in [2.45, 2.75) is 52.7 Å². The Balaban J connectivity index is 1.66. The molecule has 0 unspecified atom stereocenters. The molecule has 0 spiro atoms. The summed E-state index contributed by atoms with van der Waals surface area (Å²) in [6, 6.07) is 19.0. The van der Waals surface area contributed by atoms with Gasteiger partial charge in [-0.25, -0.2) is 0 Å². The monoisotopic (exact) mass is 481 g/mol. The zero-order valence-corrected chi connectivity index (χ0v) is 21.5. The van der Waals surface area contributed by atoms with Crippen molar-refractivity contribution >= 4 is 17.3 Å². The molecular formula is C29H31N5S. The van der Waals surface area contributed by atoms with Crippen molar-refractivity contribution in [3.63, 3.8) is 0 Å². The fraction of sp³-hybridized carbons (Fsp3) is 0.276. The standard InChI is InChI=1S/C29H31N5S/c1-5-23-12-8-10-19(2)27(23)34-20(3)16-24(21(34)4)28-26(25-13-6-7-15-31-25)32-29(35)33(28)18-22-11-9-14-30-17-22/h6-17,26,28H,5,18H2,1-4H3,(H,32,35)/t26-,28-/m0/s1. The number of hydrogen-bond donors (Lipinski definition) is 1. The first kappa shape index (κ1) is 23.2. The van der Waals surface area contributed by atoms with E-state index in [0.29, 0.717) is 6.54 Å². The van der Waals surface area contributed by atoms with Crippen molar-refractivity contribution < 1.29 is 0 Å². The average Bonchev–Trinajstić information content (AvgIpc) is 3.35. The lowest BCUT2D eigenvalue weighted by Crippen LogP contribution is -2.29. The van der Waals surface area contributed by atoms with Gasteiger partial charge in [0.15, 0.2) is 5.11 Å². The summed E-state index contributed by atoms with van der Waals surface area (Å²) in [5.41, 5.74) is 9.77. The van der Waals surface area contributed by atoms with Crippen LogP contribution in [0.3, 0.4) is 0 Å². The van der Waals surface area contributed by atoms with Crippen LogP contribution in [0.5, 0.6) is 0 Å². The van der Waals surface area contributed by atoms with Crippen molar-refractivity contribution in [2.24, 2.45) is 0 Å². The maximum atomic E-state index is 5.89. The van der Waals surface area contributed by atoms with Crippen molar-refractivity contribution in [3.8, 4) is 5.69 Å². The second-order valence-electron chi connectivity index (χ2n) is 9.21. The second kappa shape index (κ2) is 9.62. The quantitative estimate of drug-likeness (QED) is 0.346. The molecule has 6 heteroatoms. The summed E-state index contributed by atoms with van der Waals surface area (Å²) in [6.45, 7) is 9.53. The molecule has 0 bridgehead atoms. The largest absolute Gasteiger partial charge is 0.352 e. The Bertz CT molecular complexity index is 1350. The first-order valence-electron chi connectivity index (χ1n) is 12.1. The van der Waals surface area contributed by atoms with Crippen LogP contribution in [0, 0.1) is 20.8 Å². The first-order chi connectivity index (χ1) is 17.0. The highest BCUT2D eigenvalue weighted by Gasteiger charge is 2.41. The van der Waals surface area contributed by atoms with Crippen molar-refractivity contribution in [1.29, 1.82) is 0 Å². The number of thiocarbonyl (C=S) groups is 1. The van der Waals surface area contributed by atoms with E-state index in [9.17, 15) is 0 Å². The molecule has 0 radical (unpaired) electrons. The second-order valence-corrected chi connectivity index (χ2v) is 9.60. The molecule has 4 heterocycles. The van der Waals surface area contributed by atoms with E-state index in [4.69, 9.17) is 17.2 Å². The zero-order valence-electron chi connectivity index (χ0n) is 20.7. The molecule has 1 aliphatic heterocycles. The van der Waals surface area contributed by atoms with Gasteiger partial charge in [-0.2, -0.15) is 0 Å². The number of benzene rings is 1. The van der Waals surface area contributed by atoms with Crippen molar-refractivity contribution in [3.05, 3.63) is 113 Å². The summed E-state index contributed by atoms with van der Waals surface area (Å²) in [7, 11) is 0. The van der Waals surface area contributed by atoms with Gasteiger partial charge in [0.05, 0.1) is 23.5 Å². The lowest BCUT2D eigenvalue weighted by molar-refractivity contribution is 0.310. The van der Waals surface area contributed by atoms with Crippen LogP contribution in [0.2, 0.25) is 0 Å².